The SMILES string of the molecule is COC(=O)N[C@H](C(=O)N1CCC[C@H]1C1=NCC(c2ccc(-c3ccc(-c4ccc(-c5cnc([C@@H]6CCCN6C(=O)[C@@H](NC(=O)OC)C(C)C)[nH]5)cc4)n3-c3ccc(C(C)(C)C)cc3)cc2)N1)C(C)C. The number of H-pyrrole nitrogens is 1. The lowest BCUT2D eigenvalue weighted by atomic mass is 9.87. The quantitative estimate of drug-likeness (QED) is 0.0905. The van der Waals surface area contributed by atoms with Crippen molar-refractivity contribution < 1.29 is 28.7 Å². The number of carbonyl (C=O) groups excluding carboxylic acids is 4. The Morgan fingerprint density at radius 1 is 0.681 bits per heavy atom. The van der Waals surface area contributed by atoms with Gasteiger partial charge in [-0.25, -0.2) is 14.6 Å². The second kappa shape index (κ2) is 20.4. The van der Waals surface area contributed by atoms with E-state index in [0.717, 1.165) is 82.4 Å². The number of imidazole rings is 1. The molecule has 0 aliphatic carbocycles. The standard InChI is InChI=1S/C54H67N9O6/c1-32(2)46(59-52(66)68-8)50(64)61-28-10-12-44(61)48-55-30-40(57-48)34-14-18-36(19-15-34)42-26-27-43(63(42)39-24-22-38(23-25-39)54(5,6)7)37-20-16-35(17-21-37)41-31-56-49(58-41)45-13-11-29-62(45)51(65)47(33(3)4)60-53(67)69-9/h14-27,30,32-33,41,44-47H,10-13,28-29,31H2,1-9H3,(H,55,57)(H,56,58)(H,59,66)(H,60,67)/t41?,44-,45-,46-,47-/m0/s1. The lowest BCUT2D eigenvalue weighted by Crippen LogP contribution is -2.54. The van der Waals surface area contributed by atoms with Crippen molar-refractivity contribution in [1.82, 2.24) is 40.3 Å². The normalized spacial score (nSPS) is 19.1. The van der Waals surface area contributed by atoms with Crippen molar-refractivity contribution >= 4 is 29.8 Å². The van der Waals surface area contributed by atoms with E-state index in [0.29, 0.717) is 19.6 Å². The van der Waals surface area contributed by atoms with E-state index in [-0.39, 0.29) is 47.2 Å². The summed E-state index contributed by atoms with van der Waals surface area (Å²) >= 11 is 0. The van der Waals surface area contributed by atoms with Gasteiger partial charge >= 0.3 is 12.2 Å². The summed E-state index contributed by atoms with van der Waals surface area (Å²) in [5.41, 5.74) is 9.45. The van der Waals surface area contributed by atoms with Gasteiger partial charge in [0.05, 0.1) is 62.2 Å². The molecule has 5 aromatic rings. The van der Waals surface area contributed by atoms with Gasteiger partial charge in [-0.3, -0.25) is 14.6 Å². The minimum absolute atomic E-state index is 0.00448. The van der Waals surface area contributed by atoms with E-state index < -0.39 is 24.3 Å². The Balaban J connectivity index is 1.01. The average Bonchev–Trinajstić information content (AvgIpc) is 4.21. The van der Waals surface area contributed by atoms with Crippen LogP contribution in [-0.4, -0.2) is 106 Å². The van der Waals surface area contributed by atoms with E-state index in [1.54, 1.807) is 0 Å². The zero-order valence-corrected chi connectivity index (χ0v) is 41.3. The van der Waals surface area contributed by atoms with Crippen LogP contribution in [0, 0.1) is 11.8 Å². The first-order chi connectivity index (χ1) is 33.1. The van der Waals surface area contributed by atoms with Crippen LogP contribution in [0.5, 0.6) is 0 Å². The van der Waals surface area contributed by atoms with Gasteiger partial charge in [-0.2, -0.15) is 0 Å². The summed E-state index contributed by atoms with van der Waals surface area (Å²) in [5.74, 6) is 1.04. The van der Waals surface area contributed by atoms with Gasteiger partial charge < -0.3 is 44.8 Å². The lowest BCUT2D eigenvalue weighted by molar-refractivity contribution is -0.135. The molecular weight excluding hydrogens is 871 g/mol. The Morgan fingerprint density at radius 3 is 1.71 bits per heavy atom. The topological polar surface area (TPSA) is 175 Å². The molecule has 15 heteroatoms. The second-order valence-electron chi connectivity index (χ2n) is 20.1. The van der Waals surface area contributed by atoms with Crippen LogP contribution in [0.2, 0.25) is 0 Å². The van der Waals surface area contributed by atoms with E-state index in [2.05, 4.69) is 131 Å². The van der Waals surface area contributed by atoms with Gasteiger partial charge in [-0.05, 0) is 95.0 Å². The molecule has 0 saturated carbocycles. The van der Waals surface area contributed by atoms with Crippen molar-refractivity contribution in [2.24, 2.45) is 16.8 Å². The van der Waals surface area contributed by atoms with Gasteiger partial charge in [0, 0.05) is 18.8 Å². The van der Waals surface area contributed by atoms with E-state index in [1.165, 1.54) is 19.8 Å². The maximum absolute atomic E-state index is 13.8. The number of hydrogen-bond acceptors (Lipinski definition) is 9. The number of aliphatic imine (C=N–C) groups is 1. The fraction of sp³-hybridized carbons (Fsp3) is 0.444. The molecule has 15 nitrogen and oxygen atoms in total. The van der Waals surface area contributed by atoms with Crippen molar-refractivity contribution in [2.75, 3.05) is 33.9 Å². The molecule has 0 spiro atoms. The Hall–Kier alpha value is -6.90. The number of ether oxygens (including phenoxy) is 2. The molecule has 5 atom stereocenters. The largest absolute Gasteiger partial charge is 0.453 e. The molecule has 5 heterocycles. The number of amidine groups is 1. The Kier molecular flexibility index (Phi) is 14.3. The van der Waals surface area contributed by atoms with Crippen LogP contribution >= 0.6 is 0 Å². The summed E-state index contributed by atoms with van der Waals surface area (Å²) in [6.45, 7) is 16.1. The third-order valence-corrected chi connectivity index (χ3v) is 13.8. The molecule has 3 aromatic carbocycles. The van der Waals surface area contributed by atoms with Crippen LogP contribution in [0.25, 0.3) is 39.5 Å². The number of amides is 4. The van der Waals surface area contributed by atoms with E-state index >= 15 is 0 Å². The minimum atomic E-state index is -0.702. The summed E-state index contributed by atoms with van der Waals surface area (Å²) < 4.78 is 11.9. The van der Waals surface area contributed by atoms with Crippen LogP contribution in [0.4, 0.5) is 9.59 Å². The third kappa shape index (κ3) is 10.3. The summed E-state index contributed by atoms with van der Waals surface area (Å²) in [7, 11) is 2.60. The molecular formula is C54H67N9O6. The van der Waals surface area contributed by atoms with Crippen LogP contribution in [-0.2, 0) is 24.5 Å². The summed E-state index contributed by atoms with van der Waals surface area (Å²) in [4.78, 5) is 68.6. The molecule has 3 aliphatic rings. The number of methoxy groups -OCH3 is 2. The number of likely N-dealkylation sites (tertiary alicyclic amines) is 2. The van der Waals surface area contributed by atoms with Crippen molar-refractivity contribution in [3.63, 3.8) is 0 Å². The molecule has 0 radical (unpaired) electrons. The second-order valence-corrected chi connectivity index (χ2v) is 20.1. The molecule has 8 rings (SSSR count). The number of alkyl carbamates (subject to hydrolysis) is 2. The number of nitrogens with one attached hydrogen (secondary N) is 4. The van der Waals surface area contributed by atoms with Crippen LogP contribution < -0.4 is 16.0 Å². The Morgan fingerprint density at radius 2 is 1.19 bits per heavy atom. The Labute approximate surface area is 405 Å². The number of nitrogens with zero attached hydrogens (tertiary/aromatic N) is 5. The van der Waals surface area contributed by atoms with Crippen LogP contribution in [0.1, 0.15) is 103 Å². The monoisotopic (exact) mass is 938 g/mol. The summed E-state index contributed by atoms with van der Waals surface area (Å²) in [5, 5.41) is 9.10. The number of carbonyl (C=O) groups is 4. The number of aromatic amines is 1. The highest BCUT2D eigenvalue weighted by atomic mass is 16.5. The predicted molar refractivity (Wildman–Crippen MR) is 268 cm³/mol. The molecule has 364 valence electrons. The summed E-state index contributed by atoms with van der Waals surface area (Å²) in [6, 6.07) is 28.5. The zero-order chi connectivity index (χ0) is 49.1. The first-order valence-corrected chi connectivity index (χ1v) is 24.3. The number of aromatic nitrogens is 3. The number of rotatable bonds is 13. The highest BCUT2D eigenvalue weighted by molar-refractivity contribution is 5.95. The van der Waals surface area contributed by atoms with E-state index in [9.17, 15) is 19.2 Å². The summed E-state index contributed by atoms with van der Waals surface area (Å²) in [6.07, 6.45) is 3.86. The zero-order valence-electron chi connectivity index (χ0n) is 41.3. The van der Waals surface area contributed by atoms with Crippen molar-refractivity contribution in [3.8, 4) is 39.5 Å². The first kappa shape index (κ1) is 48.6. The average molecular weight is 938 g/mol. The van der Waals surface area contributed by atoms with E-state index in [4.69, 9.17) is 19.5 Å². The molecule has 2 aromatic heterocycles. The molecule has 4 N–H and O–H groups in total. The van der Waals surface area contributed by atoms with Crippen molar-refractivity contribution in [1.29, 1.82) is 0 Å². The van der Waals surface area contributed by atoms with Crippen LogP contribution in [0.15, 0.2) is 96.1 Å². The molecule has 69 heavy (non-hydrogen) atoms. The number of benzene rings is 3. The molecule has 2 fully saturated rings. The van der Waals surface area contributed by atoms with Crippen LogP contribution in [0.3, 0.4) is 0 Å². The maximum atomic E-state index is 13.8. The minimum Gasteiger partial charge on any atom is -0.453 e. The fourth-order valence-corrected chi connectivity index (χ4v) is 9.87. The first-order valence-electron chi connectivity index (χ1n) is 24.3. The smallest absolute Gasteiger partial charge is 0.407 e. The number of hydrogen-bond donors (Lipinski definition) is 4. The van der Waals surface area contributed by atoms with E-state index in [1.807, 2.05) is 43.7 Å². The Bertz CT molecular complexity index is 2660. The molecule has 0 bridgehead atoms. The van der Waals surface area contributed by atoms with Gasteiger partial charge in [0.2, 0.25) is 11.8 Å². The van der Waals surface area contributed by atoms with Crippen molar-refractivity contribution in [2.45, 2.75) is 110 Å². The predicted octanol–water partition coefficient (Wildman–Crippen LogP) is 8.96. The van der Waals surface area contributed by atoms with Gasteiger partial charge in [-0.15, -0.1) is 0 Å². The highest BCUT2D eigenvalue weighted by Crippen LogP contribution is 2.37. The molecule has 3 aliphatic heterocycles. The molecule has 2 saturated heterocycles. The van der Waals surface area contributed by atoms with Crippen molar-refractivity contribution in [3.05, 3.63) is 108 Å². The van der Waals surface area contributed by atoms with Gasteiger partial charge in [-0.1, -0.05) is 109 Å². The van der Waals surface area contributed by atoms with Gasteiger partial charge in [0.25, 0.3) is 0 Å². The van der Waals surface area contributed by atoms with Gasteiger partial charge in [0.15, 0.2) is 0 Å². The fourth-order valence-electron chi connectivity index (χ4n) is 9.87. The maximum Gasteiger partial charge on any atom is 0.407 e. The molecule has 4 amide bonds. The third-order valence-electron chi connectivity index (χ3n) is 13.8. The van der Waals surface area contributed by atoms with Gasteiger partial charge in [0.1, 0.15) is 23.7 Å². The lowest BCUT2D eigenvalue weighted by Gasteiger charge is -2.31. The molecule has 1 unspecified atom stereocenters. The highest BCUT2D eigenvalue weighted by Gasteiger charge is 2.40.